The van der Waals surface area contributed by atoms with Crippen molar-refractivity contribution in [3.05, 3.63) is 47.1 Å². The maximum atomic E-state index is 14.2. The van der Waals surface area contributed by atoms with E-state index in [1.165, 1.54) is 29.0 Å². The number of piperazine rings is 1. The van der Waals surface area contributed by atoms with Gasteiger partial charge in [0.15, 0.2) is 5.03 Å². The molecule has 186 valence electrons. The highest BCUT2D eigenvalue weighted by Crippen LogP contribution is 2.42. The van der Waals surface area contributed by atoms with Crippen molar-refractivity contribution in [2.24, 2.45) is 0 Å². The van der Waals surface area contributed by atoms with E-state index < -0.39 is 33.2 Å². The van der Waals surface area contributed by atoms with Crippen LogP contribution in [-0.4, -0.2) is 77.7 Å². The minimum Gasteiger partial charge on any atom is -0.350 e. The van der Waals surface area contributed by atoms with E-state index in [1.54, 1.807) is 0 Å². The normalized spacial score (nSPS) is 21.3. The summed E-state index contributed by atoms with van der Waals surface area (Å²) >= 11 is 5.75. The van der Waals surface area contributed by atoms with E-state index in [9.17, 15) is 26.4 Å². The summed E-state index contributed by atoms with van der Waals surface area (Å²) in [6, 6.07) is 3.70. The second kappa shape index (κ2) is 9.48. The predicted molar refractivity (Wildman–Crippen MR) is 119 cm³/mol. The number of carbonyl (C=O) groups excluding carboxylic acids is 1. The summed E-state index contributed by atoms with van der Waals surface area (Å²) in [5.41, 5.74) is -0.972. The van der Waals surface area contributed by atoms with Gasteiger partial charge in [0.05, 0.1) is 18.1 Å². The van der Waals surface area contributed by atoms with Crippen LogP contribution in [0.3, 0.4) is 0 Å². The zero-order valence-corrected chi connectivity index (χ0v) is 19.8. The Balaban J connectivity index is 1.47. The monoisotopic (exact) mass is 519 g/mol. The number of aromatic amines is 1. The highest BCUT2D eigenvalue weighted by molar-refractivity contribution is 7.89. The zero-order chi connectivity index (χ0) is 24.6. The van der Waals surface area contributed by atoms with Gasteiger partial charge in [-0.15, -0.1) is 0 Å². The average Bonchev–Trinajstić information content (AvgIpc) is 3.35. The molecule has 2 aliphatic rings. The fraction of sp³-hybridized carbons (Fsp3) is 0.524. The highest BCUT2D eigenvalue weighted by atomic mass is 35.5. The van der Waals surface area contributed by atoms with Crippen LogP contribution < -0.4 is 5.32 Å². The van der Waals surface area contributed by atoms with Gasteiger partial charge in [0.25, 0.3) is 15.9 Å². The first kappa shape index (κ1) is 25.0. The van der Waals surface area contributed by atoms with Crippen molar-refractivity contribution in [2.45, 2.75) is 42.2 Å². The van der Waals surface area contributed by atoms with Gasteiger partial charge in [-0.1, -0.05) is 11.6 Å². The summed E-state index contributed by atoms with van der Waals surface area (Å²) in [5.74, 6) is -4.22. The molecule has 2 heterocycles. The van der Waals surface area contributed by atoms with E-state index in [-0.39, 0.29) is 60.9 Å². The number of H-pyrrole nitrogens is 1. The molecule has 2 aromatic rings. The van der Waals surface area contributed by atoms with Gasteiger partial charge in [0.2, 0.25) is 5.92 Å². The summed E-state index contributed by atoms with van der Waals surface area (Å²) in [7, 11) is -3.73. The Kier molecular flexibility index (Phi) is 6.96. The van der Waals surface area contributed by atoms with Crippen molar-refractivity contribution in [1.29, 1.82) is 0 Å². The Morgan fingerprint density at radius 3 is 2.41 bits per heavy atom. The predicted octanol–water partition coefficient (Wildman–Crippen LogP) is 2.89. The van der Waals surface area contributed by atoms with Gasteiger partial charge >= 0.3 is 0 Å². The second-order valence-corrected chi connectivity index (χ2v) is 11.0. The molecular weight excluding hydrogens is 495 g/mol. The first-order chi connectivity index (χ1) is 16.0. The largest absolute Gasteiger partial charge is 0.350 e. The number of aromatic nitrogens is 2. The van der Waals surface area contributed by atoms with Gasteiger partial charge in [-0.25, -0.2) is 26.6 Å². The molecule has 1 aromatic heterocycles. The van der Waals surface area contributed by atoms with E-state index in [0.717, 1.165) is 6.07 Å². The molecule has 1 aliphatic heterocycles. The first-order valence-corrected chi connectivity index (χ1v) is 12.7. The number of nitrogens with zero attached hydrogens (tertiary/aromatic N) is 3. The third-order valence-corrected chi connectivity index (χ3v) is 8.73. The lowest BCUT2D eigenvalue weighted by Gasteiger charge is -2.50. The minimum atomic E-state index is -3.73. The molecule has 0 atom stereocenters. The maximum Gasteiger partial charge on any atom is 0.260 e. The Morgan fingerprint density at radius 2 is 1.82 bits per heavy atom. The standard InChI is InChI=1S/C21H25ClF3N5O3S/c22-15-1-2-16(17(23)11-15)19(31)27-13-20(3-5-21(24,25)6-4-20)29-7-9-30(10-8-29)34(32,33)18-12-26-14-28-18/h1-2,11-12,14H,3-10,13H2,(H,26,28)(H,27,31). The molecule has 13 heteroatoms. The lowest BCUT2D eigenvalue weighted by molar-refractivity contribution is -0.0856. The Labute approximate surface area is 200 Å². The van der Waals surface area contributed by atoms with Crippen LogP contribution in [0.15, 0.2) is 35.7 Å². The molecule has 0 spiro atoms. The molecule has 1 aromatic carbocycles. The van der Waals surface area contributed by atoms with E-state index in [4.69, 9.17) is 11.6 Å². The number of halogens is 4. The quantitative estimate of drug-likeness (QED) is 0.611. The Morgan fingerprint density at radius 1 is 1.15 bits per heavy atom. The van der Waals surface area contributed by atoms with Gasteiger partial charge in [-0.2, -0.15) is 4.31 Å². The highest BCUT2D eigenvalue weighted by Gasteiger charge is 2.48. The topological polar surface area (TPSA) is 98.4 Å². The molecule has 34 heavy (non-hydrogen) atoms. The zero-order valence-electron chi connectivity index (χ0n) is 18.2. The van der Waals surface area contributed by atoms with Crippen molar-refractivity contribution < 1.29 is 26.4 Å². The van der Waals surface area contributed by atoms with Gasteiger partial charge in [0.1, 0.15) is 5.82 Å². The van der Waals surface area contributed by atoms with Crippen LogP contribution in [0.4, 0.5) is 13.2 Å². The number of nitrogens with one attached hydrogen (secondary N) is 2. The van der Waals surface area contributed by atoms with Crippen LogP contribution in [0.5, 0.6) is 0 Å². The molecule has 0 bridgehead atoms. The van der Waals surface area contributed by atoms with E-state index in [2.05, 4.69) is 15.3 Å². The van der Waals surface area contributed by atoms with Crippen LogP contribution in [0.25, 0.3) is 0 Å². The summed E-state index contributed by atoms with van der Waals surface area (Å²) in [6.45, 7) is 0.990. The van der Waals surface area contributed by atoms with Crippen LogP contribution in [0.1, 0.15) is 36.0 Å². The number of carbonyl (C=O) groups is 1. The van der Waals surface area contributed by atoms with Crippen molar-refractivity contribution in [3.8, 4) is 0 Å². The smallest absolute Gasteiger partial charge is 0.260 e. The molecule has 1 amide bonds. The maximum absolute atomic E-state index is 14.2. The minimum absolute atomic E-state index is 0.00905. The lowest BCUT2D eigenvalue weighted by atomic mass is 9.78. The molecule has 0 radical (unpaired) electrons. The van der Waals surface area contributed by atoms with E-state index >= 15 is 0 Å². The molecule has 4 rings (SSSR count). The second-order valence-electron chi connectivity index (χ2n) is 8.69. The first-order valence-electron chi connectivity index (χ1n) is 10.9. The number of rotatable bonds is 6. The van der Waals surface area contributed by atoms with Gasteiger partial charge in [-0.05, 0) is 31.0 Å². The lowest BCUT2D eigenvalue weighted by Crippen LogP contribution is -2.63. The molecule has 1 saturated heterocycles. The Bertz CT molecular complexity index is 1130. The number of benzene rings is 1. The molecule has 0 unspecified atom stereocenters. The molecule has 2 N–H and O–H groups in total. The van der Waals surface area contributed by atoms with Gasteiger partial charge < -0.3 is 10.3 Å². The van der Waals surface area contributed by atoms with E-state index in [0.29, 0.717) is 13.1 Å². The molecule has 1 saturated carbocycles. The number of amides is 1. The summed E-state index contributed by atoms with van der Waals surface area (Å²) in [4.78, 5) is 21.0. The number of sulfonamides is 1. The van der Waals surface area contributed by atoms with Crippen LogP contribution in [0.2, 0.25) is 5.02 Å². The molecular formula is C21H25ClF3N5O3S. The Hall–Kier alpha value is -2.15. The van der Waals surface area contributed by atoms with Crippen LogP contribution in [0, 0.1) is 5.82 Å². The van der Waals surface area contributed by atoms with Crippen LogP contribution >= 0.6 is 11.6 Å². The van der Waals surface area contributed by atoms with Crippen molar-refractivity contribution in [2.75, 3.05) is 32.7 Å². The SMILES string of the molecule is O=C(NCC1(N2CCN(S(=O)(=O)c3cnc[nH]3)CC2)CCC(F)(F)CC1)c1ccc(Cl)cc1F. The molecule has 8 nitrogen and oxygen atoms in total. The summed E-state index contributed by atoms with van der Waals surface area (Å²) in [5, 5.41) is 2.85. The van der Waals surface area contributed by atoms with Crippen molar-refractivity contribution in [1.82, 2.24) is 24.5 Å². The van der Waals surface area contributed by atoms with E-state index in [1.807, 2.05) is 4.90 Å². The summed E-state index contributed by atoms with van der Waals surface area (Å²) < 4.78 is 69.0. The number of hydrogen-bond donors (Lipinski definition) is 2. The third kappa shape index (κ3) is 5.09. The number of imidazole rings is 1. The third-order valence-electron chi connectivity index (χ3n) is 6.67. The fourth-order valence-corrected chi connectivity index (χ4v) is 6.10. The van der Waals surface area contributed by atoms with Crippen molar-refractivity contribution >= 4 is 27.5 Å². The van der Waals surface area contributed by atoms with Crippen LogP contribution in [-0.2, 0) is 10.0 Å². The van der Waals surface area contributed by atoms with Crippen molar-refractivity contribution in [3.63, 3.8) is 0 Å². The average molecular weight is 520 g/mol. The van der Waals surface area contributed by atoms with Gasteiger partial charge in [0, 0.05) is 56.1 Å². The number of alkyl halides is 2. The van der Waals surface area contributed by atoms with Gasteiger partial charge in [-0.3, -0.25) is 9.69 Å². The fourth-order valence-electron chi connectivity index (χ4n) is 4.63. The number of hydrogen-bond acceptors (Lipinski definition) is 5. The molecule has 2 fully saturated rings. The summed E-state index contributed by atoms with van der Waals surface area (Å²) in [6.07, 6.45) is 2.08. The molecule has 1 aliphatic carbocycles.